The Morgan fingerprint density at radius 2 is 2.18 bits per heavy atom. The number of aryl methyl sites for hydroxylation is 1. The number of carbonyl (C=O) groups is 1. The smallest absolute Gasteiger partial charge is 0.275 e. The molecule has 1 fully saturated rings. The number of rotatable bonds is 4. The second-order valence-corrected chi connectivity index (χ2v) is 3.91. The zero-order valence-electron chi connectivity index (χ0n) is 9.81. The molecule has 1 aliphatic rings. The third-order valence-corrected chi connectivity index (χ3v) is 2.68. The normalized spacial score (nSPS) is 17.0. The molecule has 1 N–H and O–H groups in total. The average Bonchev–Trinajstić information content (AvgIpc) is 2.77. The van der Waals surface area contributed by atoms with Crippen molar-refractivity contribution in [1.82, 2.24) is 20.5 Å². The lowest BCUT2D eigenvalue weighted by Gasteiger charge is -2.26. The molecule has 0 aliphatic carbocycles. The van der Waals surface area contributed by atoms with Crippen LogP contribution in [-0.2, 0) is 4.74 Å². The highest BCUT2D eigenvalue weighted by atomic mass is 16.6. The Labute approximate surface area is 99.1 Å². The Kier molecular flexibility index (Phi) is 4.05. The highest BCUT2D eigenvalue weighted by Crippen LogP contribution is 2.00. The van der Waals surface area contributed by atoms with E-state index in [1.807, 2.05) is 0 Å². The Morgan fingerprint density at radius 3 is 2.82 bits per heavy atom. The Hall–Kier alpha value is -1.47. The largest absolute Gasteiger partial charge is 0.379 e. The third kappa shape index (κ3) is 3.24. The van der Waals surface area contributed by atoms with Crippen LogP contribution in [0.2, 0.25) is 0 Å². The first-order chi connectivity index (χ1) is 8.27. The molecule has 17 heavy (non-hydrogen) atoms. The Bertz CT molecular complexity index is 373. The molecule has 0 saturated carbocycles. The number of hydrogen-bond acceptors (Lipinski definition) is 6. The number of amides is 1. The van der Waals surface area contributed by atoms with Crippen molar-refractivity contribution in [2.75, 3.05) is 39.4 Å². The van der Waals surface area contributed by atoms with Gasteiger partial charge in [-0.15, -0.1) is 0 Å². The lowest BCUT2D eigenvalue weighted by Crippen LogP contribution is -2.41. The highest BCUT2D eigenvalue weighted by Gasteiger charge is 2.15. The molecule has 1 aromatic heterocycles. The summed E-state index contributed by atoms with van der Waals surface area (Å²) in [7, 11) is 0. The van der Waals surface area contributed by atoms with Crippen molar-refractivity contribution < 1.29 is 14.2 Å². The van der Waals surface area contributed by atoms with Gasteiger partial charge >= 0.3 is 0 Å². The van der Waals surface area contributed by atoms with E-state index in [9.17, 15) is 4.79 Å². The summed E-state index contributed by atoms with van der Waals surface area (Å²) in [6.07, 6.45) is 0. The van der Waals surface area contributed by atoms with Crippen LogP contribution in [0.5, 0.6) is 0 Å². The van der Waals surface area contributed by atoms with Gasteiger partial charge in [0, 0.05) is 26.2 Å². The van der Waals surface area contributed by atoms with Crippen molar-refractivity contribution in [3.63, 3.8) is 0 Å². The van der Waals surface area contributed by atoms with Crippen LogP contribution in [0.25, 0.3) is 0 Å². The predicted molar refractivity (Wildman–Crippen MR) is 58.6 cm³/mol. The van der Waals surface area contributed by atoms with E-state index in [2.05, 4.69) is 25.2 Å². The summed E-state index contributed by atoms with van der Waals surface area (Å²) in [5.41, 5.74) is 0.765. The van der Waals surface area contributed by atoms with Crippen molar-refractivity contribution in [2.45, 2.75) is 6.92 Å². The van der Waals surface area contributed by atoms with Gasteiger partial charge in [-0.2, -0.15) is 0 Å². The van der Waals surface area contributed by atoms with Gasteiger partial charge in [-0.3, -0.25) is 9.69 Å². The highest BCUT2D eigenvalue weighted by molar-refractivity contribution is 5.92. The monoisotopic (exact) mass is 240 g/mol. The van der Waals surface area contributed by atoms with Crippen molar-refractivity contribution in [3.05, 3.63) is 11.4 Å². The molecule has 0 spiro atoms. The second-order valence-electron chi connectivity index (χ2n) is 3.91. The van der Waals surface area contributed by atoms with Crippen LogP contribution < -0.4 is 5.32 Å². The van der Waals surface area contributed by atoms with Crippen LogP contribution in [0.1, 0.15) is 16.2 Å². The molecule has 1 amide bonds. The minimum Gasteiger partial charge on any atom is -0.379 e. The fourth-order valence-corrected chi connectivity index (χ4v) is 1.67. The van der Waals surface area contributed by atoms with Gasteiger partial charge < -0.3 is 10.1 Å². The SMILES string of the molecule is Cc1nonc1C(=O)NCCN1CCOCC1. The van der Waals surface area contributed by atoms with Gasteiger partial charge in [0.15, 0.2) is 5.69 Å². The van der Waals surface area contributed by atoms with Crippen molar-refractivity contribution in [3.8, 4) is 0 Å². The molecule has 94 valence electrons. The first-order valence-electron chi connectivity index (χ1n) is 5.65. The Balaban J connectivity index is 1.71. The van der Waals surface area contributed by atoms with Crippen LogP contribution in [0, 0.1) is 6.92 Å². The zero-order chi connectivity index (χ0) is 12.1. The molecular formula is C10H16N4O3. The van der Waals surface area contributed by atoms with E-state index in [-0.39, 0.29) is 11.6 Å². The van der Waals surface area contributed by atoms with Crippen LogP contribution >= 0.6 is 0 Å². The Morgan fingerprint density at radius 1 is 1.41 bits per heavy atom. The van der Waals surface area contributed by atoms with Gasteiger partial charge in [0.2, 0.25) is 0 Å². The number of hydrogen-bond donors (Lipinski definition) is 1. The maximum absolute atomic E-state index is 11.7. The first kappa shape index (κ1) is 12.0. The fraction of sp³-hybridized carbons (Fsp3) is 0.700. The maximum Gasteiger partial charge on any atom is 0.275 e. The van der Waals surface area contributed by atoms with Crippen LogP contribution in [-0.4, -0.2) is 60.5 Å². The standard InChI is InChI=1S/C10H16N4O3/c1-8-9(13-17-12-8)10(15)11-2-3-14-4-6-16-7-5-14/h2-7H2,1H3,(H,11,15). The van der Waals surface area contributed by atoms with E-state index in [0.717, 1.165) is 32.8 Å². The molecule has 1 saturated heterocycles. The van der Waals surface area contributed by atoms with Crippen molar-refractivity contribution in [1.29, 1.82) is 0 Å². The van der Waals surface area contributed by atoms with Crippen molar-refractivity contribution >= 4 is 5.91 Å². The first-order valence-corrected chi connectivity index (χ1v) is 5.65. The van der Waals surface area contributed by atoms with E-state index < -0.39 is 0 Å². The molecule has 1 aromatic rings. The summed E-state index contributed by atoms with van der Waals surface area (Å²) in [5.74, 6) is -0.239. The summed E-state index contributed by atoms with van der Waals surface area (Å²) in [5, 5.41) is 9.90. The summed E-state index contributed by atoms with van der Waals surface area (Å²) < 4.78 is 9.72. The van der Waals surface area contributed by atoms with E-state index in [0.29, 0.717) is 12.2 Å². The van der Waals surface area contributed by atoms with Gasteiger partial charge in [0.25, 0.3) is 5.91 Å². The van der Waals surface area contributed by atoms with Crippen LogP contribution in [0.3, 0.4) is 0 Å². The van der Waals surface area contributed by atoms with Crippen LogP contribution in [0.4, 0.5) is 0 Å². The number of aromatic nitrogens is 2. The molecule has 0 radical (unpaired) electrons. The quantitative estimate of drug-likeness (QED) is 0.760. The average molecular weight is 240 g/mol. The number of ether oxygens (including phenoxy) is 1. The molecule has 2 rings (SSSR count). The molecule has 0 bridgehead atoms. The predicted octanol–water partition coefficient (Wildman–Crippen LogP) is -0.560. The lowest BCUT2D eigenvalue weighted by atomic mass is 10.3. The number of nitrogens with one attached hydrogen (secondary N) is 1. The summed E-state index contributed by atoms with van der Waals surface area (Å²) in [4.78, 5) is 13.9. The summed E-state index contributed by atoms with van der Waals surface area (Å²) in [6.45, 7) is 6.46. The summed E-state index contributed by atoms with van der Waals surface area (Å²) in [6, 6.07) is 0. The topological polar surface area (TPSA) is 80.5 Å². The van der Waals surface area contributed by atoms with E-state index in [1.165, 1.54) is 0 Å². The van der Waals surface area contributed by atoms with Gasteiger partial charge in [0.1, 0.15) is 5.69 Å². The zero-order valence-corrected chi connectivity index (χ0v) is 9.81. The third-order valence-electron chi connectivity index (χ3n) is 2.68. The lowest BCUT2D eigenvalue weighted by molar-refractivity contribution is 0.0383. The molecule has 0 atom stereocenters. The molecule has 7 nitrogen and oxygen atoms in total. The minimum absolute atomic E-state index is 0.239. The van der Waals surface area contributed by atoms with Gasteiger partial charge in [-0.25, -0.2) is 4.63 Å². The fourth-order valence-electron chi connectivity index (χ4n) is 1.67. The molecular weight excluding hydrogens is 224 g/mol. The molecule has 7 heteroatoms. The summed E-state index contributed by atoms with van der Waals surface area (Å²) >= 11 is 0. The maximum atomic E-state index is 11.7. The molecule has 0 aromatic carbocycles. The second kappa shape index (κ2) is 5.74. The van der Waals surface area contributed by atoms with E-state index in [1.54, 1.807) is 6.92 Å². The number of nitrogens with zero attached hydrogens (tertiary/aromatic N) is 3. The molecule has 1 aliphatic heterocycles. The van der Waals surface area contributed by atoms with Gasteiger partial charge in [-0.05, 0) is 12.1 Å². The minimum atomic E-state index is -0.239. The van der Waals surface area contributed by atoms with E-state index in [4.69, 9.17) is 4.74 Å². The van der Waals surface area contributed by atoms with E-state index >= 15 is 0 Å². The molecule has 2 heterocycles. The van der Waals surface area contributed by atoms with Crippen LogP contribution in [0.15, 0.2) is 4.63 Å². The number of morpholine rings is 1. The van der Waals surface area contributed by atoms with Gasteiger partial charge in [-0.1, -0.05) is 5.16 Å². The van der Waals surface area contributed by atoms with Gasteiger partial charge in [0.05, 0.1) is 13.2 Å². The molecule has 0 unspecified atom stereocenters. The van der Waals surface area contributed by atoms with Crippen molar-refractivity contribution in [2.24, 2.45) is 0 Å². The number of carbonyl (C=O) groups excluding carboxylic acids is 1.